The van der Waals surface area contributed by atoms with E-state index in [1.165, 1.54) is 12.8 Å². The number of allylic oxidation sites excluding steroid dienone is 2. The smallest absolute Gasteiger partial charge is 0.0431 e. The Morgan fingerprint density at radius 2 is 1.56 bits per heavy atom. The Bertz CT molecular complexity index is 210. The molecule has 1 N–H and O–H groups in total. The summed E-state index contributed by atoms with van der Waals surface area (Å²) in [7, 11) is 0. The zero-order valence-electron chi connectivity index (χ0n) is 10.0. The summed E-state index contributed by atoms with van der Waals surface area (Å²) in [6, 6.07) is 0. The third-order valence-electron chi connectivity index (χ3n) is 2.39. The SMILES string of the molecule is [N-]=[N+]=NCCCCC/C=C/CCCCCO. The maximum absolute atomic E-state index is 8.58. The van der Waals surface area contributed by atoms with Crippen molar-refractivity contribution in [2.75, 3.05) is 13.2 Å². The Balaban J connectivity index is 3.06. The van der Waals surface area contributed by atoms with Crippen LogP contribution in [-0.2, 0) is 0 Å². The first kappa shape index (κ1) is 15.0. The molecule has 92 valence electrons. The van der Waals surface area contributed by atoms with E-state index in [0.29, 0.717) is 13.2 Å². The second-order valence-corrected chi connectivity index (χ2v) is 3.85. The van der Waals surface area contributed by atoms with Gasteiger partial charge in [0.25, 0.3) is 0 Å². The molecule has 0 unspecified atom stereocenters. The Morgan fingerprint density at radius 3 is 2.12 bits per heavy atom. The van der Waals surface area contributed by atoms with Crippen LogP contribution < -0.4 is 0 Å². The molecule has 0 aromatic carbocycles. The average Bonchev–Trinajstić information content (AvgIpc) is 2.31. The van der Waals surface area contributed by atoms with E-state index >= 15 is 0 Å². The summed E-state index contributed by atoms with van der Waals surface area (Å²) in [5.41, 5.74) is 8.06. The van der Waals surface area contributed by atoms with Gasteiger partial charge in [-0.1, -0.05) is 30.1 Å². The van der Waals surface area contributed by atoms with Crippen LogP contribution in [0.2, 0.25) is 0 Å². The minimum atomic E-state index is 0.314. The number of hydrogen-bond acceptors (Lipinski definition) is 2. The lowest BCUT2D eigenvalue weighted by molar-refractivity contribution is 0.283. The zero-order valence-corrected chi connectivity index (χ0v) is 10.0. The van der Waals surface area contributed by atoms with E-state index in [9.17, 15) is 0 Å². The molecule has 0 fully saturated rings. The first-order chi connectivity index (χ1) is 7.91. The van der Waals surface area contributed by atoms with E-state index in [4.69, 9.17) is 10.6 Å². The summed E-state index contributed by atoms with van der Waals surface area (Å²) in [4.78, 5) is 2.71. The van der Waals surface area contributed by atoms with Crippen molar-refractivity contribution >= 4 is 0 Å². The van der Waals surface area contributed by atoms with Crippen LogP contribution in [0.1, 0.15) is 51.4 Å². The van der Waals surface area contributed by atoms with Crippen molar-refractivity contribution in [2.45, 2.75) is 51.4 Å². The van der Waals surface area contributed by atoms with Crippen LogP contribution in [0.5, 0.6) is 0 Å². The Kier molecular flexibility index (Phi) is 13.1. The first-order valence-electron chi connectivity index (χ1n) is 6.18. The third-order valence-corrected chi connectivity index (χ3v) is 2.39. The van der Waals surface area contributed by atoms with E-state index in [0.717, 1.165) is 38.5 Å². The quantitative estimate of drug-likeness (QED) is 0.187. The zero-order chi connectivity index (χ0) is 11.9. The molecule has 16 heavy (non-hydrogen) atoms. The number of aliphatic hydroxyl groups excluding tert-OH is 1. The van der Waals surface area contributed by atoms with Crippen LogP contribution in [0.3, 0.4) is 0 Å². The second kappa shape index (κ2) is 14.0. The molecule has 0 saturated carbocycles. The summed E-state index contributed by atoms with van der Waals surface area (Å²) in [6.45, 7) is 0.941. The number of aliphatic hydroxyl groups is 1. The molecule has 4 heteroatoms. The lowest BCUT2D eigenvalue weighted by atomic mass is 10.1. The predicted octanol–water partition coefficient (Wildman–Crippen LogP) is 3.97. The van der Waals surface area contributed by atoms with Crippen LogP contribution in [0.4, 0.5) is 0 Å². The minimum absolute atomic E-state index is 0.314. The lowest BCUT2D eigenvalue weighted by Crippen LogP contribution is -1.82. The summed E-state index contributed by atoms with van der Waals surface area (Å²) in [5.74, 6) is 0. The molecule has 0 aliphatic heterocycles. The third kappa shape index (κ3) is 13.0. The van der Waals surface area contributed by atoms with Crippen LogP contribution in [0.15, 0.2) is 17.3 Å². The van der Waals surface area contributed by atoms with Crippen LogP contribution in [0.25, 0.3) is 10.4 Å². The van der Waals surface area contributed by atoms with Gasteiger partial charge in [0.1, 0.15) is 0 Å². The van der Waals surface area contributed by atoms with Crippen molar-refractivity contribution < 1.29 is 5.11 Å². The highest BCUT2D eigenvalue weighted by Crippen LogP contribution is 2.04. The van der Waals surface area contributed by atoms with Gasteiger partial charge in [0, 0.05) is 18.1 Å². The Hall–Kier alpha value is -0.990. The molecule has 0 aliphatic carbocycles. The van der Waals surface area contributed by atoms with Crippen LogP contribution in [0, 0.1) is 0 Å². The Labute approximate surface area is 98.0 Å². The fourth-order valence-electron chi connectivity index (χ4n) is 1.45. The molecule has 0 spiro atoms. The molecule has 0 aromatic rings. The number of nitrogens with zero attached hydrogens (tertiary/aromatic N) is 3. The standard InChI is InChI=1S/C12H23N3O/c13-15-14-11-9-7-5-3-1-2-4-6-8-10-12-16/h1-2,16H,3-12H2/b2-1+. The van der Waals surface area contributed by atoms with Crippen molar-refractivity contribution in [1.29, 1.82) is 0 Å². The van der Waals surface area contributed by atoms with Gasteiger partial charge in [0.05, 0.1) is 0 Å². The molecule has 0 bridgehead atoms. The van der Waals surface area contributed by atoms with Crippen molar-refractivity contribution in [2.24, 2.45) is 5.11 Å². The highest BCUT2D eigenvalue weighted by Gasteiger charge is 1.87. The molecule has 0 rings (SSSR count). The van der Waals surface area contributed by atoms with Crippen molar-refractivity contribution in [3.63, 3.8) is 0 Å². The van der Waals surface area contributed by atoms with Crippen molar-refractivity contribution in [1.82, 2.24) is 0 Å². The van der Waals surface area contributed by atoms with Gasteiger partial charge in [-0.05, 0) is 44.1 Å². The fourth-order valence-corrected chi connectivity index (χ4v) is 1.45. The van der Waals surface area contributed by atoms with E-state index in [1.54, 1.807) is 0 Å². The van der Waals surface area contributed by atoms with E-state index in [1.807, 2.05) is 0 Å². The maximum Gasteiger partial charge on any atom is 0.0431 e. The van der Waals surface area contributed by atoms with Gasteiger partial charge < -0.3 is 5.11 Å². The van der Waals surface area contributed by atoms with Gasteiger partial charge in [-0.3, -0.25) is 0 Å². The molecule has 0 heterocycles. The molecule has 0 radical (unpaired) electrons. The molecule has 0 saturated heterocycles. The fraction of sp³-hybridized carbons (Fsp3) is 0.833. The lowest BCUT2D eigenvalue weighted by Gasteiger charge is -1.95. The number of azide groups is 1. The molecule has 0 aliphatic rings. The number of unbranched alkanes of at least 4 members (excludes halogenated alkanes) is 6. The van der Waals surface area contributed by atoms with Gasteiger partial charge in [-0.2, -0.15) is 0 Å². The van der Waals surface area contributed by atoms with Gasteiger partial charge in [-0.25, -0.2) is 0 Å². The summed E-state index contributed by atoms with van der Waals surface area (Å²) in [5, 5.41) is 12.1. The average molecular weight is 225 g/mol. The van der Waals surface area contributed by atoms with Crippen molar-refractivity contribution in [3.05, 3.63) is 22.6 Å². The molecule has 0 atom stereocenters. The van der Waals surface area contributed by atoms with E-state index in [2.05, 4.69) is 22.2 Å². The van der Waals surface area contributed by atoms with E-state index in [-0.39, 0.29) is 0 Å². The topological polar surface area (TPSA) is 69.0 Å². The largest absolute Gasteiger partial charge is 0.396 e. The van der Waals surface area contributed by atoms with Gasteiger partial charge >= 0.3 is 0 Å². The second-order valence-electron chi connectivity index (χ2n) is 3.85. The number of hydrogen-bond donors (Lipinski definition) is 1. The summed E-state index contributed by atoms with van der Waals surface area (Å²) in [6.07, 6.45) is 13.2. The highest BCUT2D eigenvalue weighted by atomic mass is 16.2. The molecular formula is C12H23N3O. The monoisotopic (exact) mass is 225 g/mol. The maximum atomic E-state index is 8.58. The van der Waals surface area contributed by atoms with Crippen LogP contribution in [-0.4, -0.2) is 18.3 Å². The van der Waals surface area contributed by atoms with Gasteiger partial charge in [-0.15, -0.1) is 0 Å². The molecular weight excluding hydrogens is 202 g/mol. The van der Waals surface area contributed by atoms with Gasteiger partial charge in [0.15, 0.2) is 0 Å². The highest BCUT2D eigenvalue weighted by molar-refractivity contribution is 4.81. The summed E-state index contributed by atoms with van der Waals surface area (Å²) >= 11 is 0. The van der Waals surface area contributed by atoms with Crippen molar-refractivity contribution in [3.8, 4) is 0 Å². The molecule has 4 nitrogen and oxygen atoms in total. The molecule has 0 amide bonds. The van der Waals surface area contributed by atoms with Gasteiger partial charge in [0.2, 0.25) is 0 Å². The molecule has 0 aromatic heterocycles. The van der Waals surface area contributed by atoms with E-state index < -0.39 is 0 Å². The minimum Gasteiger partial charge on any atom is -0.396 e. The normalized spacial score (nSPS) is 10.6. The first-order valence-corrected chi connectivity index (χ1v) is 6.18. The Morgan fingerprint density at radius 1 is 0.938 bits per heavy atom. The number of rotatable bonds is 11. The van der Waals surface area contributed by atoms with Crippen LogP contribution >= 0.6 is 0 Å². The summed E-state index contributed by atoms with van der Waals surface area (Å²) < 4.78 is 0. The predicted molar refractivity (Wildman–Crippen MR) is 67.2 cm³/mol.